The summed E-state index contributed by atoms with van der Waals surface area (Å²) in [7, 11) is 1.56. The third kappa shape index (κ3) is 6.38. The van der Waals surface area contributed by atoms with Crippen molar-refractivity contribution in [3.8, 4) is 17.2 Å². The van der Waals surface area contributed by atoms with Gasteiger partial charge in [0.05, 0.1) is 7.11 Å². The van der Waals surface area contributed by atoms with Gasteiger partial charge in [-0.3, -0.25) is 9.59 Å². The molecule has 0 saturated carbocycles. The number of carbonyl (C=O) groups excluding carboxylic acids is 2. The van der Waals surface area contributed by atoms with Crippen molar-refractivity contribution in [2.24, 2.45) is 0 Å². The molecule has 1 aliphatic rings. The van der Waals surface area contributed by atoms with E-state index in [4.69, 9.17) is 14.2 Å². The largest absolute Gasteiger partial charge is 0.493 e. The van der Waals surface area contributed by atoms with Crippen LogP contribution in [0, 0.1) is 13.8 Å². The average Bonchev–Trinajstić information content (AvgIpc) is 2.77. The van der Waals surface area contributed by atoms with E-state index < -0.39 is 0 Å². The van der Waals surface area contributed by atoms with Gasteiger partial charge in [0, 0.05) is 19.1 Å². The third-order valence-corrected chi connectivity index (χ3v) is 5.32. The van der Waals surface area contributed by atoms with E-state index in [1.165, 1.54) is 0 Å². The van der Waals surface area contributed by atoms with Crippen molar-refractivity contribution in [1.82, 2.24) is 10.2 Å². The van der Waals surface area contributed by atoms with Gasteiger partial charge in [-0.2, -0.15) is 0 Å². The van der Waals surface area contributed by atoms with Crippen molar-refractivity contribution in [2.45, 2.75) is 32.7 Å². The first-order valence-corrected chi connectivity index (χ1v) is 10.5. The first-order chi connectivity index (χ1) is 15.0. The van der Waals surface area contributed by atoms with Gasteiger partial charge in [-0.1, -0.05) is 29.8 Å². The van der Waals surface area contributed by atoms with Gasteiger partial charge in [-0.25, -0.2) is 0 Å². The van der Waals surface area contributed by atoms with Crippen molar-refractivity contribution < 1.29 is 23.8 Å². The van der Waals surface area contributed by atoms with E-state index in [9.17, 15) is 9.59 Å². The van der Waals surface area contributed by atoms with Crippen LogP contribution in [-0.2, 0) is 9.59 Å². The first kappa shape index (κ1) is 22.5. The number of benzene rings is 2. The lowest BCUT2D eigenvalue weighted by molar-refractivity contribution is -0.134. The standard InChI is InChI=1S/C24H30N2O5/c1-17-8-9-20(18(2)14-17)31-16-24(28)26-12-10-19(11-13-26)25-23(27)15-30-22-7-5-4-6-21(22)29-3/h4-9,14,19H,10-13,15-16H2,1-3H3,(H,25,27). The quantitative estimate of drug-likeness (QED) is 0.702. The van der Waals surface area contributed by atoms with E-state index in [0.717, 1.165) is 16.9 Å². The molecule has 2 aromatic carbocycles. The Kier molecular flexibility index (Phi) is 7.76. The van der Waals surface area contributed by atoms with E-state index in [-0.39, 0.29) is 31.1 Å². The molecular formula is C24H30N2O5. The number of piperidine rings is 1. The number of carbonyl (C=O) groups is 2. The molecule has 0 bridgehead atoms. The van der Waals surface area contributed by atoms with E-state index in [2.05, 4.69) is 5.32 Å². The number of para-hydroxylation sites is 2. The Labute approximate surface area is 183 Å². The molecule has 3 rings (SSSR count). The number of ether oxygens (including phenoxy) is 3. The van der Waals surface area contributed by atoms with Gasteiger partial charge in [0.2, 0.25) is 0 Å². The Hall–Kier alpha value is -3.22. The maximum absolute atomic E-state index is 12.5. The maximum atomic E-state index is 12.5. The summed E-state index contributed by atoms with van der Waals surface area (Å²) in [5.74, 6) is 1.63. The highest BCUT2D eigenvalue weighted by Crippen LogP contribution is 2.25. The molecule has 7 nitrogen and oxygen atoms in total. The Morgan fingerprint density at radius 2 is 1.65 bits per heavy atom. The predicted octanol–water partition coefficient (Wildman–Crippen LogP) is 2.88. The fourth-order valence-electron chi connectivity index (χ4n) is 3.62. The SMILES string of the molecule is COc1ccccc1OCC(=O)NC1CCN(C(=O)COc2ccc(C)cc2C)CC1. The van der Waals surface area contributed by atoms with Crippen LogP contribution in [0.4, 0.5) is 0 Å². The summed E-state index contributed by atoms with van der Waals surface area (Å²) in [6.45, 7) is 5.12. The monoisotopic (exact) mass is 426 g/mol. The molecule has 1 fully saturated rings. The van der Waals surface area contributed by atoms with Gasteiger partial charge in [0.25, 0.3) is 11.8 Å². The minimum Gasteiger partial charge on any atom is -0.493 e. The zero-order chi connectivity index (χ0) is 22.2. The lowest BCUT2D eigenvalue weighted by atomic mass is 10.1. The van der Waals surface area contributed by atoms with Crippen molar-refractivity contribution in [1.29, 1.82) is 0 Å². The number of amides is 2. The molecule has 7 heteroatoms. The molecule has 0 spiro atoms. The summed E-state index contributed by atoms with van der Waals surface area (Å²) < 4.78 is 16.5. The van der Waals surface area contributed by atoms with Crippen LogP contribution in [0.2, 0.25) is 0 Å². The van der Waals surface area contributed by atoms with Crippen LogP contribution in [0.15, 0.2) is 42.5 Å². The molecule has 0 atom stereocenters. The smallest absolute Gasteiger partial charge is 0.260 e. The molecule has 1 aliphatic heterocycles. The van der Waals surface area contributed by atoms with Gasteiger partial charge in [-0.15, -0.1) is 0 Å². The molecule has 1 saturated heterocycles. The zero-order valence-corrected chi connectivity index (χ0v) is 18.3. The Bertz CT molecular complexity index is 907. The number of aryl methyl sites for hydroxylation is 2. The molecule has 0 radical (unpaired) electrons. The van der Waals surface area contributed by atoms with Crippen LogP contribution in [-0.4, -0.2) is 56.2 Å². The van der Waals surface area contributed by atoms with Gasteiger partial charge >= 0.3 is 0 Å². The molecule has 2 amide bonds. The van der Waals surface area contributed by atoms with Gasteiger partial charge in [-0.05, 0) is 50.5 Å². The average molecular weight is 427 g/mol. The minimum atomic E-state index is -0.186. The highest BCUT2D eigenvalue weighted by molar-refractivity contribution is 5.79. The molecule has 166 valence electrons. The highest BCUT2D eigenvalue weighted by atomic mass is 16.5. The molecule has 31 heavy (non-hydrogen) atoms. The normalized spacial score (nSPS) is 14.1. The van der Waals surface area contributed by atoms with Gasteiger partial charge in [0.1, 0.15) is 5.75 Å². The Morgan fingerprint density at radius 3 is 2.32 bits per heavy atom. The van der Waals surface area contributed by atoms with Crippen LogP contribution in [0.1, 0.15) is 24.0 Å². The van der Waals surface area contributed by atoms with Crippen LogP contribution >= 0.6 is 0 Å². The molecule has 1 heterocycles. The predicted molar refractivity (Wildman–Crippen MR) is 118 cm³/mol. The number of methoxy groups -OCH3 is 1. The number of rotatable bonds is 8. The number of nitrogens with one attached hydrogen (secondary N) is 1. The third-order valence-electron chi connectivity index (χ3n) is 5.32. The van der Waals surface area contributed by atoms with Crippen molar-refractivity contribution in [2.75, 3.05) is 33.4 Å². The molecule has 0 aliphatic carbocycles. The van der Waals surface area contributed by atoms with E-state index >= 15 is 0 Å². The molecule has 2 aromatic rings. The number of nitrogens with zero attached hydrogens (tertiary/aromatic N) is 1. The summed E-state index contributed by atoms with van der Waals surface area (Å²) in [6, 6.07) is 13.1. The summed E-state index contributed by atoms with van der Waals surface area (Å²) in [6.07, 6.45) is 1.41. The number of hydrogen-bond donors (Lipinski definition) is 1. The highest BCUT2D eigenvalue weighted by Gasteiger charge is 2.24. The summed E-state index contributed by atoms with van der Waals surface area (Å²) in [5.41, 5.74) is 2.18. The van der Waals surface area contributed by atoms with Crippen LogP contribution in [0.5, 0.6) is 17.2 Å². The van der Waals surface area contributed by atoms with Crippen LogP contribution in [0.3, 0.4) is 0 Å². The van der Waals surface area contributed by atoms with Gasteiger partial charge < -0.3 is 24.4 Å². The van der Waals surface area contributed by atoms with E-state index in [0.29, 0.717) is 37.4 Å². The summed E-state index contributed by atoms with van der Waals surface area (Å²) in [4.78, 5) is 26.5. The molecule has 0 aromatic heterocycles. The Balaban J connectivity index is 1.38. The number of likely N-dealkylation sites (tertiary alicyclic amines) is 1. The van der Waals surface area contributed by atoms with Crippen LogP contribution in [0.25, 0.3) is 0 Å². The Morgan fingerprint density at radius 1 is 0.968 bits per heavy atom. The van der Waals surface area contributed by atoms with Crippen molar-refractivity contribution in [3.05, 3.63) is 53.6 Å². The molecule has 1 N–H and O–H groups in total. The summed E-state index contributed by atoms with van der Waals surface area (Å²) in [5, 5.41) is 2.98. The zero-order valence-electron chi connectivity index (χ0n) is 18.3. The van der Waals surface area contributed by atoms with Gasteiger partial charge in [0.15, 0.2) is 24.7 Å². The number of hydrogen-bond acceptors (Lipinski definition) is 5. The van der Waals surface area contributed by atoms with Crippen LogP contribution < -0.4 is 19.5 Å². The minimum absolute atomic E-state index is 0.0215. The second kappa shape index (κ2) is 10.7. The second-order valence-electron chi connectivity index (χ2n) is 7.72. The summed E-state index contributed by atoms with van der Waals surface area (Å²) >= 11 is 0. The molecular weight excluding hydrogens is 396 g/mol. The fraction of sp³-hybridized carbons (Fsp3) is 0.417. The lowest BCUT2D eigenvalue weighted by Crippen LogP contribution is -2.48. The van der Waals surface area contributed by atoms with E-state index in [1.807, 2.05) is 44.2 Å². The maximum Gasteiger partial charge on any atom is 0.260 e. The second-order valence-corrected chi connectivity index (χ2v) is 7.72. The fourth-order valence-corrected chi connectivity index (χ4v) is 3.62. The first-order valence-electron chi connectivity index (χ1n) is 10.5. The lowest BCUT2D eigenvalue weighted by Gasteiger charge is -2.32. The van der Waals surface area contributed by atoms with E-state index in [1.54, 1.807) is 24.1 Å². The topological polar surface area (TPSA) is 77.1 Å². The van der Waals surface area contributed by atoms with Crippen molar-refractivity contribution >= 4 is 11.8 Å². The molecule has 0 unspecified atom stereocenters. The van der Waals surface area contributed by atoms with Crippen molar-refractivity contribution in [3.63, 3.8) is 0 Å².